The van der Waals surface area contributed by atoms with Gasteiger partial charge in [0.1, 0.15) is 0 Å². The quantitative estimate of drug-likeness (QED) is 0.826. The Hall–Kier alpha value is -0.550. The van der Waals surface area contributed by atoms with Gasteiger partial charge in [-0.15, -0.1) is 0 Å². The van der Waals surface area contributed by atoms with Gasteiger partial charge in [-0.3, -0.25) is 0 Å². The summed E-state index contributed by atoms with van der Waals surface area (Å²) in [5.74, 6) is 2.38. The molecule has 2 rings (SSSR count). The van der Waals surface area contributed by atoms with Crippen molar-refractivity contribution in [2.75, 3.05) is 6.54 Å². The standard InChI is InChI=1S/C11H19N3OS/c1-3-8(2)16-6-9-13-10(15-14-9)11(7-12)4-5-11/h8H,3-7,12H2,1-2H3. The highest BCUT2D eigenvalue weighted by atomic mass is 32.2. The molecule has 0 aromatic carbocycles. The molecule has 0 bridgehead atoms. The van der Waals surface area contributed by atoms with Crippen LogP contribution in [0.25, 0.3) is 0 Å². The highest BCUT2D eigenvalue weighted by Crippen LogP contribution is 2.46. The maximum atomic E-state index is 5.72. The van der Waals surface area contributed by atoms with Crippen LogP contribution in [0.4, 0.5) is 0 Å². The van der Waals surface area contributed by atoms with E-state index in [-0.39, 0.29) is 5.41 Å². The van der Waals surface area contributed by atoms with Crippen molar-refractivity contribution in [2.24, 2.45) is 5.73 Å². The minimum absolute atomic E-state index is 0.0201. The summed E-state index contributed by atoms with van der Waals surface area (Å²) >= 11 is 1.87. The topological polar surface area (TPSA) is 64.9 Å². The number of aromatic nitrogens is 2. The van der Waals surface area contributed by atoms with Crippen LogP contribution in [0.3, 0.4) is 0 Å². The molecule has 1 saturated carbocycles. The van der Waals surface area contributed by atoms with E-state index in [1.807, 2.05) is 11.8 Å². The number of hydrogen-bond acceptors (Lipinski definition) is 5. The molecule has 0 aliphatic heterocycles. The second-order valence-corrected chi connectivity index (χ2v) is 5.96. The maximum Gasteiger partial charge on any atom is 0.234 e. The molecule has 1 aliphatic rings. The molecule has 1 aromatic heterocycles. The lowest BCUT2D eigenvalue weighted by Gasteiger charge is -2.05. The van der Waals surface area contributed by atoms with Crippen molar-refractivity contribution in [3.05, 3.63) is 11.7 Å². The molecule has 1 atom stereocenters. The summed E-state index contributed by atoms with van der Waals surface area (Å²) in [6, 6.07) is 0. The molecular formula is C11H19N3OS. The van der Waals surface area contributed by atoms with E-state index in [1.54, 1.807) is 0 Å². The van der Waals surface area contributed by atoms with E-state index in [0.717, 1.165) is 30.3 Å². The molecule has 0 radical (unpaired) electrons. The van der Waals surface area contributed by atoms with E-state index >= 15 is 0 Å². The Morgan fingerprint density at radius 1 is 1.56 bits per heavy atom. The van der Waals surface area contributed by atoms with E-state index in [0.29, 0.717) is 11.8 Å². The Bertz CT molecular complexity index is 349. The summed E-state index contributed by atoms with van der Waals surface area (Å²) < 4.78 is 5.29. The first kappa shape index (κ1) is 11.9. The summed E-state index contributed by atoms with van der Waals surface area (Å²) in [6.45, 7) is 5.02. The van der Waals surface area contributed by atoms with Gasteiger partial charge < -0.3 is 10.3 Å². The zero-order valence-electron chi connectivity index (χ0n) is 9.90. The Labute approximate surface area is 100 Å². The number of hydrogen-bond donors (Lipinski definition) is 1. The third kappa shape index (κ3) is 2.40. The molecule has 0 spiro atoms. The van der Waals surface area contributed by atoms with Crippen LogP contribution in [0.5, 0.6) is 0 Å². The van der Waals surface area contributed by atoms with E-state index in [9.17, 15) is 0 Å². The Morgan fingerprint density at radius 3 is 2.88 bits per heavy atom. The third-order valence-corrected chi connectivity index (χ3v) is 4.57. The molecule has 4 nitrogen and oxygen atoms in total. The fourth-order valence-corrected chi connectivity index (χ4v) is 2.31. The SMILES string of the molecule is CCC(C)SCc1noc(C2(CN)CC2)n1. The molecular weight excluding hydrogens is 222 g/mol. The number of nitrogens with two attached hydrogens (primary N) is 1. The highest BCUT2D eigenvalue weighted by molar-refractivity contribution is 7.99. The second kappa shape index (κ2) is 4.75. The zero-order valence-corrected chi connectivity index (χ0v) is 10.7. The molecule has 2 N–H and O–H groups in total. The minimum Gasteiger partial charge on any atom is -0.339 e. The smallest absolute Gasteiger partial charge is 0.234 e. The Morgan fingerprint density at radius 2 is 2.31 bits per heavy atom. The van der Waals surface area contributed by atoms with Crippen LogP contribution in [0.15, 0.2) is 4.52 Å². The molecule has 1 heterocycles. The Balaban J connectivity index is 1.93. The average Bonchev–Trinajstić information content (AvgIpc) is 2.98. The third-order valence-electron chi connectivity index (χ3n) is 3.24. The molecule has 1 fully saturated rings. The molecule has 0 saturated heterocycles. The number of thioether (sulfide) groups is 1. The number of rotatable bonds is 6. The van der Waals surface area contributed by atoms with Crippen molar-refractivity contribution in [3.8, 4) is 0 Å². The van der Waals surface area contributed by atoms with Gasteiger partial charge in [0, 0.05) is 11.8 Å². The van der Waals surface area contributed by atoms with Crippen molar-refractivity contribution >= 4 is 11.8 Å². The van der Waals surface area contributed by atoms with Gasteiger partial charge in [-0.05, 0) is 19.3 Å². The van der Waals surface area contributed by atoms with Crippen LogP contribution in [-0.2, 0) is 11.2 Å². The number of nitrogens with zero attached hydrogens (tertiary/aromatic N) is 2. The largest absolute Gasteiger partial charge is 0.339 e. The molecule has 16 heavy (non-hydrogen) atoms. The summed E-state index contributed by atoms with van der Waals surface area (Å²) in [5, 5.41) is 4.66. The van der Waals surface area contributed by atoms with Crippen molar-refractivity contribution in [2.45, 2.75) is 49.5 Å². The van der Waals surface area contributed by atoms with Crippen LogP contribution >= 0.6 is 11.8 Å². The fraction of sp³-hybridized carbons (Fsp3) is 0.818. The first-order chi connectivity index (χ1) is 7.70. The molecule has 90 valence electrons. The highest BCUT2D eigenvalue weighted by Gasteiger charge is 2.48. The molecule has 5 heteroatoms. The second-order valence-electron chi connectivity index (χ2n) is 4.53. The van der Waals surface area contributed by atoms with E-state index in [2.05, 4.69) is 24.0 Å². The van der Waals surface area contributed by atoms with Crippen molar-refractivity contribution in [1.29, 1.82) is 0 Å². The van der Waals surface area contributed by atoms with Gasteiger partial charge in [-0.1, -0.05) is 19.0 Å². The van der Waals surface area contributed by atoms with Crippen LogP contribution in [0.2, 0.25) is 0 Å². The molecule has 1 aromatic rings. The van der Waals surface area contributed by atoms with Crippen LogP contribution < -0.4 is 5.73 Å². The lowest BCUT2D eigenvalue weighted by Crippen LogP contribution is -2.20. The van der Waals surface area contributed by atoms with Gasteiger partial charge in [0.15, 0.2) is 5.82 Å². The van der Waals surface area contributed by atoms with Gasteiger partial charge in [-0.2, -0.15) is 16.7 Å². The summed E-state index contributed by atoms with van der Waals surface area (Å²) in [4.78, 5) is 4.44. The minimum atomic E-state index is 0.0201. The van der Waals surface area contributed by atoms with Crippen molar-refractivity contribution in [1.82, 2.24) is 10.1 Å². The van der Waals surface area contributed by atoms with Gasteiger partial charge >= 0.3 is 0 Å². The normalized spacial score (nSPS) is 19.7. The summed E-state index contributed by atoms with van der Waals surface area (Å²) in [5.41, 5.74) is 5.74. The Kier molecular flexibility index (Phi) is 3.54. The lowest BCUT2D eigenvalue weighted by molar-refractivity contribution is 0.344. The average molecular weight is 241 g/mol. The maximum absolute atomic E-state index is 5.72. The van der Waals surface area contributed by atoms with Gasteiger partial charge in [0.25, 0.3) is 0 Å². The first-order valence-electron chi connectivity index (χ1n) is 5.85. The van der Waals surface area contributed by atoms with Crippen LogP contribution in [0, 0.1) is 0 Å². The zero-order chi connectivity index (χ0) is 11.6. The van der Waals surface area contributed by atoms with Gasteiger partial charge in [0.05, 0.1) is 11.2 Å². The van der Waals surface area contributed by atoms with E-state index < -0.39 is 0 Å². The summed E-state index contributed by atoms with van der Waals surface area (Å²) in [6.07, 6.45) is 3.34. The van der Waals surface area contributed by atoms with E-state index in [1.165, 1.54) is 6.42 Å². The van der Waals surface area contributed by atoms with Gasteiger partial charge in [-0.25, -0.2) is 0 Å². The summed E-state index contributed by atoms with van der Waals surface area (Å²) in [7, 11) is 0. The van der Waals surface area contributed by atoms with Crippen LogP contribution in [0.1, 0.15) is 44.8 Å². The lowest BCUT2D eigenvalue weighted by atomic mass is 10.1. The fourth-order valence-electron chi connectivity index (χ4n) is 1.52. The monoisotopic (exact) mass is 241 g/mol. The first-order valence-corrected chi connectivity index (χ1v) is 6.90. The molecule has 1 aliphatic carbocycles. The predicted molar refractivity (Wildman–Crippen MR) is 65.3 cm³/mol. The van der Waals surface area contributed by atoms with Gasteiger partial charge in [0.2, 0.25) is 5.89 Å². The molecule has 1 unspecified atom stereocenters. The van der Waals surface area contributed by atoms with Crippen molar-refractivity contribution < 1.29 is 4.52 Å². The predicted octanol–water partition coefficient (Wildman–Crippen LogP) is 2.09. The van der Waals surface area contributed by atoms with E-state index in [4.69, 9.17) is 10.3 Å². The van der Waals surface area contributed by atoms with Crippen molar-refractivity contribution in [3.63, 3.8) is 0 Å². The molecule has 0 amide bonds. The van der Waals surface area contributed by atoms with Crippen LogP contribution in [-0.4, -0.2) is 21.9 Å².